The van der Waals surface area contributed by atoms with Gasteiger partial charge in [0.05, 0.1) is 30.7 Å². The van der Waals surface area contributed by atoms with E-state index >= 15 is 0 Å². The lowest BCUT2D eigenvalue weighted by atomic mass is 10.1. The van der Waals surface area contributed by atoms with Gasteiger partial charge in [-0.15, -0.1) is 0 Å². The number of halogens is 3. The third kappa shape index (κ3) is 7.24. The first-order valence-electron chi connectivity index (χ1n) is 11.3. The van der Waals surface area contributed by atoms with Gasteiger partial charge in [-0.1, -0.05) is 25.5 Å². The second kappa shape index (κ2) is 12.1. The highest BCUT2D eigenvalue weighted by molar-refractivity contribution is 5.94. The molecule has 2 aromatic heterocycles. The third-order valence-electron chi connectivity index (χ3n) is 5.31. The minimum absolute atomic E-state index is 0.0771. The number of nitrogens with one attached hydrogen (secondary N) is 2. The van der Waals surface area contributed by atoms with Gasteiger partial charge in [0, 0.05) is 36.3 Å². The fourth-order valence-electron chi connectivity index (χ4n) is 3.36. The largest absolute Gasteiger partial charge is 0.469 e. The molecular formula is C25H26F3N5O3. The van der Waals surface area contributed by atoms with Crippen molar-refractivity contribution in [1.29, 1.82) is 0 Å². The lowest BCUT2D eigenvalue weighted by molar-refractivity contribution is -0.140. The molecule has 2 N–H and O–H groups in total. The van der Waals surface area contributed by atoms with Crippen LogP contribution in [0.4, 0.5) is 19.0 Å². The van der Waals surface area contributed by atoms with Crippen molar-refractivity contribution in [3.8, 4) is 11.4 Å². The van der Waals surface area contributed by atoms with Gasteiger partial charge in [-0.05, 0) is 30.7 Å². The van der Waals surface area contributed by atoms with Crippen LogP contribution in [0.3, 0.4) is 0 Å². The maximum absolute atomic E-state index is 12.8. The Hall–Kier alpha value is -4.02. The molecule has 36 heavy (non-hydrogen) atoms. The van der Waals surface area contributed by atoms with Gasteiger partial charge in [0.2, 0.25) is 0 Å². The number of nitrogens with zero attached hydrogens (tertiary/aromatic N) is 3. The van der Waals surface area contributed by atoms with Crippen molar-refractivity contribution in [3.63, 3.8) is 0 Å². The molecule has 190 valence electrons. The lowest BCUT2D eigenvalue weighted by Crippen LogP contribution is -2.26. The molecule has 8 nitrogen and oxygen atoms in total. The van der Waals surface area contributed by atoms with Gasteiger partial charge in [-0.25, -0.2) is 15.0 Å². The molecule has 2 heterocycles. The van der Waals surface area contributed by atoms with Gasteiger partial charge in [0.1, 0.15) is 5.82 Å². The molecule has 3 rings (SSSR count). The second-order valence-corrected chi connectivity index (χ2v) is 7.91. The smallest absolute Gasteiger partial charge is 0.416 e. The Morgan fingerprint density at radius 1 is 1.00 bits per heavy atom. The number of carbonyl (C=O) groups is 2. The average molecular weight is 502 g/mol. The van der Waals surface area contributed by atoms with Crippen LogP contribution in [-0.2, 0) is 15.7 Å². The minimum Gasteiger partial charge on any atom is -0.469 e. The number of carbonyl (C=O) groups excluding carboxylic acids is 2. The Labute approximate surface area is 206 Å². The predicted molar refractivity (Wildman–Crippen MR) is 127 cm³/mol. The molecule has 1 aromatic carbocycles. The topological polar surface area (TPSA) is 106 Å². The van der Waals surface area contributed by atoms with Gasteiger partial charge < -0.3 is 15.4 Å². The predicted octanol–water partition coefficient (Wildman–Crippen LogP) is 4.80. The zero-order valence-corrected chi connectivity index (χ0v) is 19.8. The number of methoxy groups -OCH3 is 1. The maximum atomic E-state index is 12.8. The molecule has 0 aliphatic carbocycles. The molecule has 0 fully saturated rings. The van der Waals surface area contributed by atoms with E-state index in [4.69, 9.17) is 0 Å². The first-order chi connectivity index (χ1) is 17.2. The molecule has 1 amide bonds. The highest BCUT2D eigenvalue weighted by Crippen LogP contribution is 2.30. The molecule has 0 saturated heterocycles. The summed E-state index contributed by atoms with van der Waals surface area (Å²) < 4.78 is 42.9. The van der Waals surface area contributed by atoms with Gasteiger partial charge in [0.25, 0.3) is 5.91 Å². The number of aromatic nitrogens is 3. The summed E-state index contributed by atoms with van der Waals surface area (Å²) in [5.74, 6) is 0.108. The normalized spacial score (nSPS) is 12.0. The van der Waals surface area contributed by atoms with E-state index in [2.05, 4.69) is 30.3 Å². The molecule has 11 heteroatoms. The van der Waals surface area contributed by atoms with Crippen LogP contribution in [0.15, 0.2) is 55.0 Å². The number of alkyl halides is 3. The summed E-state index contributed by atoms with van der Waals surface area (Å²) in [6.45, 7) is 2.19. The first kappa shape index (κ1) is 26.6. The number of amides is 1. The summed E-state index contributed by atoms with van der Waals surface area (Å²) >= 11 is 0. The van der Waals surface area contributed by atoms with Gasteiger partial charge in [-0.2, -0.15) is 13.2 Å². The Bertz CT molecular complexity index is 1150. The van der Waals surface area contributed by atoms with Crippen molar-refractivity contribution in [2.24, 2.45) is 0 Å². The molecule has 1 atom stereocenters. The van der Waals surface area contributed by atoms with Crippen LogP contribution in [0.5, 0.6) is 0 Å². The van der Waals surface area contributed by atoms with Crippen LogP contribution in [0.2, 0.25) is 0 Å². The standard InChI is InChI=1S/C25H26F3N5O3/c1-3-4-20(33-21-10-7-17(13-30-21)24(35)29-12-11-22(34)36-2)18-14-31-23(32-15-18)16-5-8-19(9-6-16)25(26,27)28/h5-10,13-15,20H,3-4,11-12H2,1-2H3,(H,29,35)(H,30,33)/t20-/m1/s1. The van der Waals surface area contributed by atoms with Gasteiger partial charge in [-0.3, -0.25) is 9.59 Å². The van der Waals surface area contributed by atoms with E-state index in [1.54, 1.807) is 24.5 Å². The summed E-state index contributed by atoms with van der Waals surface area (Å²) in [6.07, 6.45) is 1.99. The molecule has 0 spiro atoms. The number of rotatable bonds is 10. The van der Waals surface area contributed by atoms with E-state index in [1.807, 2.05) is 6.92 Å². The third-order valence-corrected chi connectivity index (χ3v) is 5.31. The van der Waals surface area contributed by atoms with Crippen molar-refractivity contribution >= 4 is 17.7 Å². The van der Waals surface area contributed by atoms with Crippen molar-refractivity contribution in [2.45, 2.75) is 38.4 Å². The molecule has 0 bridgehead atoms. The number of pyridine rings is 1. The molecule has 3 aromatic rings. The van der Waals surface area contributed by atoms with E-state index in [1.165, 1.54) is 25.4 Å². The maximum Gasteiger partial charge on any atom is 0.416 e. The average Bonchev–Trinajstić information content (AvgIpc) is 2.88. The second-order valence-electron chi connectivity index (χ2n) is 7.91. The number of esters is 1. The molecule has 0 radical (unpaired) electrons. The Morgan fingerprint density at radius 2 is 1.69 bits per heavy atom. The van der Waals surface area contributed by atoms with Crippen molar-refractivity contribution in [3.05, 3.63) is 71.7 Å². The number of hydrogen-bond acceptors (Lipinski definition) is 7. The lowest BCUT2D eigenvalue weighted by Gasteiger charge is -2.19. The fraction of sp³-hybridized carbons (Fsp3) is 0.320. The summed E-state index contributed by atoms with van der Waals surface area (Å²) in [6, 6.07) is 7.83. The monoisotopic (exact) mass is 501 g/mol. The van der Waals surface area contributed by atoms with Crippen LogP contribution < -0.4 is 10.6 Å². The quantitative estimate of drug-likeness (QED) is 0.384. The Balaban J connectivity index is 1.65. The summed E-state index contributed by atoms with van der Waals surface area (Å²) in [7, 11) is 1.28. The first-order valence-corrected chi connectivity index (χ1v) is 11.3. The van der Waals surface area contributed by atoms with Crippen LogP contribution in [0.1, 0.15) is 53.7 Å². The van der Waals surface area contributed by atoms with E-state index in [0.29, 0.717) is 22.8 Å². The Morgan fingerprint density at radius 3 is 2.25 bits per heavy atom. The van der Waals surface area contributed by atoms with E-state index in [-0.39, 0.29) is 24.9 Å². The summed E-state index contributed by atoms with van der Waals surface area (Å²) in [5, 5.41) is 5.93. The molecule has 0 aliphatic rings. The molecule has 0 unspecified atom stereocenters. The van der Waals surface area contributed by atoms with E-state index in [0.717, 1.165) is 30.5 Å². The van der Waals surface area contributed by atoms with E-state index in [9.17, 15) is 22.8 Å². The highest BCUT2D eigenvalue weighted by Gasteiger charge is 2.30. The van der Waals surface area contributed by atoms with Crippen LogP contribution in [0, 0.1) is 0 Å². The van der Waals surface area contributed by atoms with Crippen LogP contribution >= 0.6 is 0 Å². The highest BCUT2D eigenvalue weighted by atomic mass is 19.4. The molecule has 0 saturated carbocycles. The Kier molecular flexibility index (Phi) is 8.93. The number of anilines is 1. The van der Waals surface area contributed by atoms with Crippen molar-refractivity contribution in [2.75, 3.05) is 19.0 Å². The number of benzene rings is 1. The van der Waals surface area contributed by atoms with Crippen LogP contribution in [0.25, 0.3) is 11.4 Å². The van der Waals surface area contributed by atoms with Crippen molar-refractivity contribution in [1.82, 2.24) is 20.3 Å². The molecular weight excluding hydrogens is 475 g/mol. The number of hydrogen-bond donors (Lipinski definition) is 2. The summed E-state index contributed by atoms with van der Waals surface area (Å²) in [4.78, 5) is 36.3. The van der Waals surface area contributed by atoms with E-state index < -0.39 is 17.7 Å². The zero-order valence-electron chi connectivity index (χ0n) is 19.8. The van der Waals surface area contributed by atoms with Crippen LogP contribution in [-0.4, -0.2) is 40.5 Å². The number of ether oxygens (including phenoxy) is 1. The van der Waals surface area contributed by atoms with Gasteiger partial charge in [0.15, 0.2) is 5.82 Å². The summed E-state index contributed by atoms with van der Waals surface area (Å²) in [5.41, 5.74) is 0.893. The SMILES string of the molecule is CCC[C@@H](Nc1ccc(C(=O)NCCC(=O)OC)cn1)c1cnc(-c2ccc(C(F)(F)F)cc2)nc1. The van der Waals surface area contributed by atoms with Crippen molar-refractivity contribution < 1.29 is 27.5 Å². The zero-order chi connectivity index (χ0) is 26.1. The fourth-order valence-corrected chi connectivity index (χ4v) is 3.36. The minimum atomic E-state index is -4.40. The van der Waals surface area contributed by atoms with Gasteiger partial charge >= 0.3 is 12.1 Å². The molecule has 0 aliphatic heterocycles.